The van der Waals surface area contributed by atoms with Gasteiger partial charge in [-0.05, 0) is 24.6 Å². The van der Waals surface area contributed by atoms with Crippen LogP contribution in [0.1, 0.15) is 39.5 Å². The summed E-state index contributed by atoms with van der Waals surface area (Å²) in [6, 6.07) is 0. The van der Waals surface area contributed by atoms with Crippen molar-refractivity contribution in [3.63, 3.8) is 0 Å². The van der Waals surface area contributed by atoms with Crippen LogP contribution in [0.25, 0.3) is 0 Å². The van der Waals surface area contributed by atoms with Gasteiger partial charge in [0.1, 0.15) is 0 Å². The van der Waals surface area contributed by atoms with Crippen LogP contribution in [0, 0.1) is 11.8 Å². The van der Waals surface area contributed by atoms with E-state index in [9.17, 15) is 19.8 Å². The summed E-state index contributed by atoms with van der Waals surface area (Å²) >= 11 is 0.647. The Morgan fingerprint density at radius 2 is 1.35 bits per heavy atom. The van der Waals surface area contributed by atoms with E-state index in [-0.39, 0.29) is 10.2 Å². The maximum Gasteiger partial charge on any atom is 0.202 e. The molecule has 17 heavy (non-hydrogen) atoms. The Kier molecular flexibility index (Phi) is 5.62. The zero-order chi connectivity index (χ0) is 13.0. The topological polar surface area (TPSA) is 74.6 Å². The molecular weight excluding hydrogens is 240 g/mol. The molecule has 1 saturated heterocycles. The van der Waals surface area contributed by atoms with Gasteiger partial charge in [-0.3, -0.25) is 9.59 Å². The van der Waals surface area contributed by atoms with Crippen molar-refractivity contribution in [2.45, 2.75) is 51.7 Å². The second kappa shape index (κ2) is 6.52. The first-order valence-electron chi connectivity index (χ1n) is 6.14. The number of carbonyl (C=O) groups is 2. The summed E-state index contributed by atoms with van der Waals surface area (Å²) in [5, 5.41) is 19.3. The molecule has 0 radical (unpaired) electrons. The molecule has 4 atom stereocenters. The molecule has 1 rings (SSSR count). The zero-order valence-corrected chi connectivity index (χ0v) is 11.1. The molecule has 0 aliphatic carbocycles. The molecule has 5 heteroatoms. The minimum Gasteiger partial charge on any atom is -0.392 e. The Labute approximate surface area is 106 Å². The Balaban J connectivity index is 2.82. The molecule has 0 saturated carbocycles. The quantitative estimate of drug-likeness (QED) is 0.754. The standard InChI is InChI=1S/C12H20O4S/c1-3-5-7(13)9-10(8(14)6-4-2)12(16)17-11(9)15/h7-10,13-14H,3-6H2,1-2H3. The average molecular weight is 260 g/mol. The number of aliphatic hydroxyl groups excluding tert-OH is 2. The molecule has 1 aliphatic heterocycles. The number of hydrogen-bond acceptors (Lipinski definition) is 5. The molecule has 4 nitrogen and oxygen atoms in total. The van der Waals surface area contributed by atoms with Crippen LogP contribution in [0.15, 0.2) is 0 Å². The molecule has 1 heterocycles. The van der Waals surface area contributed by atoms with Gasteiger partial charge in [-0.2, -0.15) is 0 Å². The third kappa shape index (κ3) is 3.30. The maximum absolute atomic E-state index is 11.7. The summed E-state index contributed by atoms with van der Waals surface area (Å²) in [7, 11) is 0. The van der Waals surface area contributed by atoms with E-state index in [4.69, 9.17) is 0 Å². The van der Waals surface area contributed by atoms with Crippen molar-refractivity contribution in [1.29, 1.82) is 0 Å². The van der Waals surface area contributed by atoms with E-state index < -0.39 is 24.0 Å². The van der Waals surface area contributed by atoms with Crippen molar-refractivity contribution < 1.29 is 19.8 Å². The monoisotopic (exact) mass is 260 g/mol. The largest absolute Gasteiger partial charge is 0.392 e. The maximum atomic E-state index is 11.7. The summed E-state index contributed by atoms with van der Waals surface area (Å²) < 4.78 is 0. The second-order valence-corrected chi connectivity index (χ2v) is 5.51. The van der Waals surface area contributed by atoms with Crippen molar-refractivity contribution in [1.82, 2.24) is 0 Å². The predicted molar refractivity (Wildman–Crippen MR) is 66.4 cm³/mol. The van der Waals surface area contributed by atoms with Crippen molar-refractivity contribution in [2.24, 2.45) is 11.8 Å². The highest BCUT2D eigenvalue weighted by molar-refractivity contribution is 8.26. The molecule has 1 fully saturated rings. The van der Waals surface area contributed by atoms with Gasteiger partial charge in [-0.1, -0.05) is 26.7 Å². The van der Waals surface area contributed by atoms with E-state index in [1.165, 1.54) is 0 Å². The van der Waals surface area contributed by atoms with E-state index >= 15 is 0 Å². The molecule has 0 aromatic carbocycles. The molecule has 2 N–H and O–H groups in total. The van der Waals surface area contributed by atoms with Gasteiger partial charge < -0.3 is 10.2 Å². The van der Waals surface area contributed by atoms with Gasteiger partial charge in [-0.25, -0.2) is 0 Å². The van der Waals surface area contributed by atoms with E-state index in [0.717, 1.165) is 12.8 Å². The second-order valence-electron chi connectivity index (χ2n) is 4.50. The molecule has 0 spiro atoms. The lowest BCUT2D eigenvalue weighted by atomic mass is 9.83. The minimum absolute atomic E-state index is 0.295. The molecule has 0 aromatic rings. The zero-order valence-electron chi connectivity index (χ0n) is 10.3. The highest BCUT2D eigenvalue weighted by atomic mass is 32.2. The van der Waals surface area contributed by atoms with Crippen molar-refractivity contribution in [2.75, 3.05) is 0 Å². The molecular formula is C12H20O4S. The highest BCUT2D eigenvalue weighted by Gasteiger charge is 2.49. The summed E-state index contributed by atoms with van der Waals surface area (Å²) in [6.45, 7) is 3.82. The fraction of sp³-hybridized carbons (Fsp3) is 0.833. The fourth-order valence-electron chi connectivity index (χ4n) is 2.27. The fourth-order valence-corrected chi connectivity index (χ4v) is 3.35. The van der Waals surface area contributed by atoms with Gasteiger partial charge in [0.25, 0.3) is 0 Å². The van der Waals surface area contributed by atoms with Crippen LogP contribution in [0.3, 0.4) is 0 Å². The third-order valence-electron chi connectivity index (χ3n) is 3.13. The molecule has 0 aromatic heterocycles. The van der Waals surface area contributed by atoms with Crippen LogP contribution in [0.5, 0.6) is 0 Å². The normalized spacial score (nSPS) is 28.5. The number of carbonyl (C=O) groups excluding carboxylic acids is 2. The molecule has 4 unspecified atom stereocenters. The summed E-state index contributed by atoms with van der Waals surface area (Å²) in [5.41, 5.74) is 0. The number of thioether (sulfide) groups is 1. The van der Waals surface area contributed by atoms with E-state index in [1.807, 2.05) is 13.8 Å². The lowest BCUT2D eigenvalue weighted by Crippen LogP contribution is -2.37. The Bertz CT molecular complexity index is 264. The van der Waals surface area contributed by atoms with E-state index in [0.29, 0.717) is 24.6 Å². The van der Waals surface area contributed by atoms with Crippen LogP contribution < -0.4 is 0 Å². The molecule has 98 valence electrons. The first-order chi connectivity index (χ1) is 8.02. The van der Waals surface area contributed by atoms with Crippen molar-refractivity contribution in [3.05, 3.63) is 0 Å². The first kappa shape index (κ1) is 14.7. The SMILES string of the molecule is CCCC(O)C1C(=O)SC(=O)C1C(O)CCC. The summed E-state index contributed by atoms with van der Waals surface area (Å²) in [4.78, 5) is 23.4. The van der Waals surface area contributed by atoms with Crippen LogP contribution >= 0.6 is 11.8 Å². The predicted octanol–water partition coefficient (Wildman–Crippen LogP) is 1.34. The van der Waals surface area contributed by atoms with Gasteiger partial charge in [0.2, 0.25) is 10.2 Å². The number of rotatable bonds is 6. The van der Waals surface area contributed by atoms with Crippen LogP contribution in [-0.2, 0) is 9.59 Å². The van der Waals surface area contributed by atoms with Crippen LogP contribution in [0.2, 0.25) is 0 Å². The van der Waals surface area contributed by atoms with Crippen LogP contribution in [0.4, 0.5) is 0 Å². The van der Waals surface area contributed by atoms with Crippen molar-refractivity contribution >= 4 is 22.0 Å². The minimum atomic E-state index is -0.817. The van der Waals surface area contributed by atoms with Crippen molar-refractivity contribution in [3.8, 4) is 0 Å². The first-order valence-corrected chi connectivity index (χ1v) is 6.96. The number of aliphatic hydroxyl groups is 2. The van der Waals surface area contributed by atoms with E-state index in [1.54, 1.807) is 0 Å². The molecule has 1 aliphatic rings. The lowest BCUT2D eigenvalue weighted by molar-refractivity contribution is -0.128. The van der Waals surface area contributed by atoms with E-state index in [2.05, 4.69) is 0 Å². The molecule has 0 bridgehead atoms. The summed E-state index contributed by atoms with van der Waals surface area (Å²) in [6.07, 6.45) is 0.839. The smallest absolute Gasteiger partial charge is 0.202 e. The average Bonchev–Trinajstić information content (AvgIpc) is 2.54. The Hall–Kier alpha value is -0.390. The van der Waals surface area contributed by atoms with Crippen LogP contribution in [-0.4, -0.2) is 32.7 Å². The number of hydrogen-bond donors (Lipinski definition) is 2. The Morgan fingerprint density at radius 3 is 1.65 bits per heavy atom. The summed E-state index contributed by atoms with van der Waals surface area (Å²) in [5.74, 6) is -1.46. The highest BCUT2D eigenvalue weighted by Crippen LogP contribution is 2.39. The Morgan fingerprint density at radius 1 is 1.00 bits per heavy atom. The van der Waals surface area contributed by atoms with Gasteiger partial charge in [-0.15, -0.1) is 0 Å². The van der Waals surface area contributed by atoms with Gasteiger partial charge >= 0.3 is 0 Å². The third-order valence-corrected chi connectivity index (χ3v) is 4.08. The van der Waals surface area contributed by atoms with Gasteiger partial charge in [0.05, 0.1) is 24.0 Å². The van der Waals surface area contributed by atoms with Gasteiger partial charge in [0.15, 0.2) is 0 Å². The molecule has 0 amide bonds. The van der Waals surface area contributed by atoms with Gasteiger partial charge in [0, 0.05) is 0 Å². The lowest BCUT2D eigenvalue weighted by Gasteiger charge is -2.25.